The number of nitrogens with one attached hydrogen (secondary N) is 1. The number of hydrogen-bond donors (Lipinski definition) is 3. The lowest BCUT2D eigenvalue weighted by Gasteiger charge is -2.10. The van der Waals surface area contributed by atoms with E-state index in [4.69, 9.17) is 5.84 Å². The van der Waals surface area contributed by atoms with E-state index in [-0.39, 0.29) is 17.9 Å². The molecule has 0 saturated carbocycles. The van der Waals surface area contributed by atoms with E-state index in [0.29, 0.717) is 0 Å². The Balaban J connectivity index is 2.59. The van der Waals surface area contributed by atoms with Gasteiger partial charge in [-0.25, -0.2) is 14.3 Å². The van der Waals surface area contributed by atoms with Crippen molar-refractivity contribution in [2.75, 3.05) is 11.5 Å². The molecule has 7 heteroatoms. The smallest absolute Gasteiger partial charge is 0.234 e. The number of carbonyl (C=O) groups excluding carboxylic acids is 1. The highest BCUT2D eigenvalue weighted by Crippen LogP contribution is 2.21. The number of aliphatic hydroxyl groups is 1. The zero-order valence-corrected chi connectivity index (χ0v) is 7.75. The quantitative estimate of drug-likeness (QED) is 0.270. The topological polar surface area (TPSA) is 109 Å². The van der Waals surface area contributed by atoms with Crippen molar-refractivity contribution in [3.63, 3.8) is 0 Å². The Kier molecular flexibility index (Phi) is 2.89. The van der Waals surface area contributed by atoms with Crippen LogP contribution in [0, 0.1) is 5.92 Å². The van der Waals surface area contributed by atoms with Gasteiger partial charge in [-0.15, -0.1) is 0 Å². The minimum absolute atomic E-state index is 0.0447. The molecule has 6 nitrogen and oxygen atoms in total. The minimum Gasteiger partial charge on any atom is -0.392 e. The van der Waals surface area contributed by atoms with Gasteiger partial charge < -0.3 is 5.11 Å². The second-order valence-electron chi connectivity index (χ2n) is 3.18. The van der Waals surface area contributed by atoms with Gasteiger partial charge in [0.05, 0.1) is 17.6 Å². The van der Waals surface area contributed by atoms with E-state index in [1.807, 2.05) is 5.43 Å². The Labute approximate surface area is 76.0 Å². The van der Waals surface area contributed by atoms with Crippen LogP contribution in [0.3, 0.4) is 0 Å². The van der Waals surface area contributed by atoms with E-state index < -0.39 is 27.8 Å². The largest absolute Gasteiger partial charge is 0.392 e. The van der Waals surface area contributed by atoms with Crippen LogP contribution in [0.4, 0.5) is 0 Å². The fraction of sp³-hybridized carbons (Fsp3) is 0.833. The molecule has 1 rings (SSSR count). The predicted octanol–water partition coefficient (Wildman–Crippen LogP) is -2.23. The average Bonchev–Trinajstić information content (AvgIpc) is 2.24. The van der Waals surface area contributed by atoms with Gasteiger partial charge in [0.1, 0.15) is 0 Å². The molecule has 76 valence electrons. The van der Waals surface area contributed by atoms with Gasteiger partial charge in [-0.3, -0.25) is 10.2 Å². The zero-order chi connectivity index (χ0) is 10.1. The fourth-order valence-electron chi connectivity index (χ4n) is 1.39. The third-order valence-electron chi connectivity index (χ3n) is 2.05. The number of hydrogen-bond acceptors (Lipinski definition) is 5. The van der Waals surface area contributed by atoms with Crippen LogP contribution in [0.25, 0.3) is 0 Å². The number of sulfone groups is 1. The fourth-order valence-corrected chi connectivity index (χ4v) is 3.31. The maximum Gasteiger partial charge on any atom is 0.234 e. The molecular weight excluding hydrogens is 196 g/mol. The van der Waals surface area contributed by atoms with Crippen LogP contribution in [0.1, 0.15) is 6.42 Å². The monoisotopic (exact) mass is 208 g/mol. The number of hydrazine groups is 1. The van der Waals surface area contributed by atoms with Crippen molar-refractivity contribution in [1.29, 1.82) is 0 Å². The van der Waals surface area contributed by atoms with Crippen molar-refractivity contribution in [1.82, 2.24) is 5.43 Å². The molecule has 1 saturated heterocycles. The maximum atomic E-state index is 11.0. The van der Waals surface area contributed by atoms with E-state index in [1.54, 1.807) is 0 Å². The molecule has 2 atom stereocenters. The Morgan fingerprint density at radius 1 is 1.54 bits per heavy atom. The third-order valence-corrected chi connectivity index (χ3v) is 3.83. The predicted molar refractivity (Wildman–Crippen MR) is 45.1 cm³/mol. The molecule has 1 heterocycles. The van der Waals surface area contributed by atoms with Crippen LogP contribution in [0.2, 0.25) is 0 Å². The maximum absolute atomic E-state index is 11.0. The van der Waals surface area contributed by atoms with Gasteiger partial charge in [0.2, 0.25) is 5.91 Å². The second-order valence-corrected chi connectivity index (χ2v) is 5.33. The summed E-state index contributed by atoms with van der Waals surface area (Å²) in [5.74, 6) is 3.46. The summed E-state index contributed by atoms with van der Waals surface area (Å²) >= 11 is 0. The lowest BCUT2D eigenvalue weighted by atomic mass is 10.0. The zero-order valence-electron chi connectivity index (χ0n) is 6.93. The molecule has 1 aliphatic rings. The summed E-state index contributed by atoms with van der Waals surface area (Å²) in [7, 11) is -3.17. The van der Waals surface area contributed by atoms with Gasteiger partial charge in [-0.1, -0.05) is 0 Å². The van der Waals surface area contributed by atoms with E-state index in [1.165, 1.54) is 0 Å². The Morgan fingerprint density at radius 2 is 2.15 bits per heavy atom. The van der Waals surface area contributed by atoms with Gasteiger partial charge >= 0.3 is 0 Å². The Bertz CT molecular complexity index is 300. The SMILES string of the molecule is NNC(=O)CC1CS(=O)(=O)CC1O. The Morgan fingerprint density at radius 3 is 2.54 bits per heavy atom. The lowest BCUT2D eigenvalue weighted by Crippen LogP contribution is -2.33. The van der Waals surface area contributed by atoms with Crippen molar-refractivity contribution in [3.05, 3.63) is 0 Å². The van der Waals surface area contributed by atoms with Crippen LogP contribution < -0.4 is 11.3 Å². The van der Waals surface area contributed by atoms with Crippen molar-refractivity contribution in [3.8, 4) is 0 Å². The summed E-state index contributed by atoms with van der Waals surface area (Å²) < 4.78 is 22.0. The lowest BCUT2D eigenvalue weighted by molar-refractivity contribution is -0.122. The molecule has 1 amide bonds. The van der Waals surface area contributed by atoms with Gasteiger partial charge in [0.15, 0.2) is 9.84 Å². The highest BCUT2D eigenvalue weighted by atomic mass is 32.2. The summed E-state index contributed by atoms with van der Waals surface area (Å²) in [6.45, 7) is 0. The molecule has 4 N–H and O–H groups in total. The molecule has 1 aliphatic heterocycles. The van der Waals surface area contributed by atoms with Crippen LogP contribution in [0.15, 0.2) is 0 Å². The molecule has 0 aromatic rings. The average molecular weight is 208 g/mol. The standard InChI is InChI=1S/C6H12N2O4S/c7-8-6(10)1-4-2-13(11,12)3-5(4)9/h4-5,9H,1-3,7H2,(H,8,10). The molecule has 0 radical (unpaired) electrons. The van der Waals surface area contributed by atoms with E-state index >= 15 is 0 Å². The van der Waals surface area contributed by atoms with E-state index in [0.717, 1.165) is 0 Å². The van der Waals surface area contributed by atoms with Crippen LogP contribution in [-0.2, 0) is 14.6 Å². The minimum atomic E-state index is -3.17. The van der Waals surface area contributed by atoms with Crippen LogP contribution in [-0.4, -0.2) is 37.0 Å². The molecule has 0 aromatic heterocycles. The Hall–Kier alpha value is -0.660. The normalized spacial score (nSPS) is 31.5. The van der Waals surface area contributed by atoms with Gasteiger partial charge in [0, 0.05) is 12.3 Å². The molecule has 1 fully saturated rings. The van der Waals surface area contributed by atoms with Gasteiger partial charge in [0.25, 0.3) is 0 Å². The van der Waals surface area contributed by atoms with Gasteiger partial charge in [-0.05, 0) is 0 Å². The summed E-state index contributed by atoms with van der Waals surface area (Å²) in [6.07, 6.45) is -0.987. The first kappa shape index (κ1) is 10.4. The van der Waals surface area contributed by atoms with Crippen LogP contribution >= 0.6 is 0 Å². The van der Waals surface area contributed by atoms with Crippen molar-refractivity contribution in [2.45, 2.75) is 12.5 Å². The molecular formula is C6H12N2O4S. The third kappa shape index (κ3) is 2.64. The molecule has 0 aliphatic carbocycles. The summed E-state index contributed by atoms with van der Waals surface area (Å²) in [5, 5.41) is 9.27. The van der Waals surface area contributed by atoms with Crippen molar-refractivity contribution >= 4 is 15.7 Å². The number of amides is 1. The summed E-state index contributed by atoms with van der Waals surface area (Å²) in [6, 6.07) is 0. The molecule has 0 aromatic carbocycles. The first-order valence-corrected chi connectivity index (χ1v) is 5.64. The van der Waals surface area contributed by atoms with Crippen LogP contribution in [0.5, 0.6) is 0 Å². The molecule has 13 heavy (non-hydrogen) atoms. The highest BCUT2D eigenvalue weighted by Gasteiger charge is 2.37. The number of nitrogens with two attached hydrogens (primary N) is 1. The van der Waals surface area contributed by atoms with E-state index in [2.05, 4.69) is 0 Å². The molecule has 0 spiro atoms. The number of rotatable bonds is 2. The summed E-state index contributed by atoms with van der Waals surface area (Å²) in [4.78, 5) is 10.8. The number of carbonyl (C=O) groups is 1. The van der Waals surface area contributed by atoms with Crippen molar-refractivity contribution in [2.24, 2.45) is 11.8 Å². The van der Waals surface area contributed by atoms with Gasteiger partial charge in [-0.2, -0.15) is 0 Å². The molecule has 0 bridgehead atoms. The summed E-state index contributed by atoms with van der Waals surface area (Å²) in [5.41, 5.74) is 1.89. The molecule has 2 unspecified atom stereocenters. The van der Waals surface area contributed by atoms with Crippen molar-refractivity contribution < 1.29 is 18.3 Å². The second kappa shape index (κ2) is 3.60. The first-order valence-electron chi connectivity index (χ1n) is 3.82. The first-order chi connectivity index (χ1) is 5.94. The number of aliphatic hydroxyl groups excluding tert-OH is 1. The van der Waals surface area contributed by atoms with E-state index in [9.17, 15) is 18.3 Å². The highest BCUT2D eigenvalue weighted by molar-refractivity contribution is 7.91.